The fourth-order valence-electron chi connectivity index (χ4n) is 4.21. The van der Waals surface area contributed by atoms with E-state index in [1.807, 2.05) is 61.5 Å². The van der Waals surface area contributed by atoms with E-state index in [9.17, 15) is 9.59 Å². The van der Waals surface area contributed by atoms with Crippen molar-refractivity contribution >= 4 is 40.2 Å². The van der Waals surface area contributed by atoms with Crippen molar-refractivity contribution < 1.29 is 14.0 Å². The van der Waals surface area contributed by atoms with Crippen LogP contribution in [0.4, 0.5) is 5.82 Å². The number of aromatic nitrogens is 2. The molecule has 0 saturated carbocycles. The van der Waals surface area contributed by atoms with Gasteiger partial charge in [-0.25, -0.2) is 0 Å². The normalized spacial score (nSPS) is 16.0. The second-order valence-corrected chi connectivity index (χ2v) is 8.89. The highest BCUT2D eigenvalue weighted by atomic mass is 35.5. The Balaban J connectivity index is 1.40. The Hall–Kier alpha value is -3.58. The minimum Gasteiger partial charge on any atom is -0.456 e. The van der Waals surface area contributed by atoms with E-state index in [-0.39, 0.29) is 24.2 Å². The molecule has 1 aliphatic heterocycles. The number of hydrogen-bond acceptors (Lipinski definition) is 4. The largest absolute Gasteiger partial charge is 0.456 e. The van der Waals surface area contributed by atoms with Gasteiger partial charge in [-0.1, -0.05) is 41.9 Å². The van der Waals surface area contributed by atoms with Crippen molar-refractivity contribution in [3.05, 3.63) is 70.9 Å². The van der Waals surface area contributed by atoms with Gasteiger partial charge in [0.2, 0.25) is 11.8 Å². The number of rotatable bonds is 5. The third-order valence-corrected chi connectivity index (χ3v) is 6.20. The summed E-state index contributed by atoms with van der Waals surface area (Å²) in [5.74, 6) is 0.661. The molecule has 0 aliphatic carbocycles. The molecule has 1 atom stereocenters. The van der Waals surface area contributed by atoms with E-state index in [0.717, 1.165) is 33.6 Å². The first-order valence-corrected chi connectivity index (χ1v) is 11.1. The maximum absolute atomic E-state index is 12.6. The van der Waals surface area contributed by atoms with Crippen LogP contribution in [0, 0.1) is 12.8 Å². The van der Waals surface area contributed by atoms with Crippen LogP contribution in [0.3, 0.4) is 0 Å². The summed E-state index contributed by atoms with van der Waals surface area (Å²) < 4.78 is 8.01. The summed E-state index contributed by atoms with van der Waals surface area (Å²) in [6, 6.07) is 17.5. The predicted molar refractivity (Wildman–Crippen MR) is 127 cm³/mol. The van der Waals surface area contributed by atoms with Gasteiger partial charge in [0.25, 0.3) is 0 Å². The molecule has 168 valence electrons. The van der Waals surface area contributed by atoms with Gasteiger partial charge < -0.3 is 14.6 Å². The lowest BCUT2D eigenvalue weighted by molar-refractivity contribution is -0.127. The first kappa shape index (κ1) is 21.3. The fourth-order valence-corrected chi connectivity index (χ4v) is 4.46. The van der Waals surface area contributed by atoms with Crippen LogP contribution < -0.4 is 5.32 Å². The Kier molecular flexibility index (Phi) is 5.42. The van der Waals surface area contributed by atoms with Crippen molar-refractivity contribution in [3.8, 4) is 11.3 Å². The van der Waals surface area contributed by atoms with Crippen molar-refractivity contribution in [1.82, 2.24) is 14.7 Å². The molecular weight excluding hydrogens is 440 g/mol. The SMILES string of the molecule is Cc1cc(NC(=O)C2CC(=O)N(C)C2)nn1Cc1cc(Cl)cc2cc(-c3ccccc3)oc12. The molecule has 5 rings (SSSR count). The topological polar surface area (TPSA) is 80.4 Å². The van der Waals surface area contributed by atoms with Crippen LogP contribution in [0.5, 0.6) is 0 Å². The molecule has 2 aromatic carbocycles. The quantitative estimate of drug-likeness (QED) is 0.465. The van der Waals surface area contributed by atoms with Crippen molar-refractivity contribution in [1.29, 1.82) is 0 Å². The number of amides is 2. The highest BCUT2D eigenvalue weighted by Gasteiger charge is 2.32. The van der Waals surface area contributed by atoms with E-state index in [1.54, 1.807) is 16.6 Å². The second-order valence-electron chi connectivity index (χ2n) is 8.45. The summed E-state index contributed by atoms with van der Waals surface area (Å²) in [6.45, 7) is 2.78. The molecule has 0 spiro atoms. The summed E-state index contributed by atoms with van der Waals surface area (Å²) in [7, 11) is 1.71. The number of nitrogens with one attached hydrogen (secondary N) is 1. The van der Waals surface area contributed by atoms with Gasteiger partial charge in [0.1, 0.15) is 11.3 Å². The minimum atomic E-state index is -0.361. The minimum absolute atomic E-state index is 0.0184. The van der Waals surface area contributed by atoms with Crippen molar-refractivity contribution in [2.24, 2.45) is 5.92 Å². The Morgan fingerprint density at radius 3 is 2.73 bits per heavy atom. The number of halogens is 1. The van der Waals surface area contributed by atoms with Crippen LogP contribution in [0.2, 0.25) is 5.02 Å². The summed E-state index contributed by atoms with van der Waals surface area (Å²) in [5, 5.41) is 8.94. The molecule has 7 nitrogen and oxygen atoms in total. The zero-order valence-electron chi connectivity index (χ0n) is 18.3. The van der Waals surface area contributed by atoms with Gasteiger partial charge in [0.15, 0.2) is 5.82 Å². The van der Waals surface area contributed by atoms with E-state index in [1.165, 1.54) is 0 Å². The molecule has 2 aromatic heterocycles. The van der Waals surface area contributed by atoms with E-state index >= 15 is 0 Å². The third-order valence-electron chi connectivity index (χ3n) is 5.98. The third kappa shape index (κ3) is 4.24. The first-order chi connectivity index (χ1) is 15.9. The van der Waals surface area contributed by atoms with Crippen LogP contribution in [0.25, 0.3) is 22.3 Å². The van der Waals surface area contributed by atoms with Crippen molar-refractivity contribution in [2.75, 3.05) is 18.9 Å². The van der Waals surface area contributed by atoms with Crippen LogP contribution in [-0.4, -0.2) is 40.1 Å². The van der Waals surface area contributed by atoms with Gasteiger partial charge in [0, 0.05) is 53.3 Å². The molecule has 1 fully saturated rings. The van der Waals surface area contributed by atoms with Gasteiger partial charge in [0.05, 0.1) is 12.5 Å². The summed E-state index contributed by atoms with van der Waals surface area (Å²) in [5.41, 5.74) is 3.53. The standard InChI is InChI=1S/C25H23ClN4O3/c1-15-8-22(27-25(32)19-12-23(31)29(2)13-19)28-30(15)14-18-10-20(26)9-17-11-21(33-24(17)18)16-6-4-3-5-7-16/h3-11,19H,12-14H2,1-2H3,(H,27,28,32). The summed E-state index contributed by atoms with van der Waals surface area (Å²) in [6.07, 6.45) is 0.227. The average molecular weight is 463 g/mol. The number of likely N-dealkylation sites (tertiary alicyclic amines) is 1. The Bertz CT molecular complexity index is 1360. The van der Waals surface area contributed by atoms with Crippen LogP contribution in [0.15, 0.2) is 59.0 Å². The Morgan fingerprint density at radius 2 is 2.00 bits per heavy atom. The summed E-state index contributed by atoms with van der Waals surface area (Å²) >= 11 is 6.40. The average Bonchev–Trinajstić information content (AvgIpc) is 3.46. The Labute approximate surface area is 195 Å². The maximum atomic E-state index is 12.6. The lowest BCUT2D eigenvalue weighted by Crippen LogP contribution is -2.26. The van der Waals surface area contributed by atoms with Crippen LogP contribution >= 0.6 is 11.6 Å². The van der Waals surface area contributed by atoms with Gasteiger partial charge in [-0.3, -0.25) is 14.3 Å². The number of benzene rings is 2. The van der Waals surface area contributed by atoms with E-state index in [4.69, 9.17) is 16.0 Å². The highest BCUT2D eigenvalue weighted by Crippen LogP contribution is 2.33. The number of furan rings is 1. The van der Waals surface area contributed by atoms with Crippen molar-refractivity contribution in [2.45, 2.75) is 19.9 Å². The Morgan fingerprint density at radius 1 is 1.21 bits per heavy atom. The molecule has 8 heteroatoms. The molecule has 0 bridgehead atoms. The van der Waals surface area contributed by atoms with E-state index in [2.05, 4.69) is 10.4 Å². The number of aryl methyl sites for hydroxylation is 1. The molecular formula is C25H23ClN4O3. The molecule has 33 heavy (non-hydrogen) atoms. The summed E-state index contributed by atoms with van der Waals surface area (Å²) in [4.78, 5) is 25.9. The molecule has 4 aromatic rings. The number of hydrogen-bond donors (Lipinski definition) is 1. The molecule has 2 amide bonds. The van der Waals surface area contributed by atoms with Gasteiger partial charge in [-0.15, -0.1) is 0 Å². The zero-order valence-corrected chi connectivity index (χ0v) is 19.1. The predicted octanol–water partition coefficient (Wildman–Crippen LogP) is 4.72. The molecule has 3 heterocycles. The second kappa shape index (κ2) is 8.41. The molecule has 1 N–H and O–H groups in total. The molecule has 1 unspecified atom stereocenters. The van der Waals surface area contributed by atoms with Gasteiger partial charge in [-0.05, 0) is 25.1 Å². The molecule has 1 aliphatic rings. The number of nitrogens with zero attached hydrogens (tertiary/aromatic N) is 3. The van der Waals surface area contributed by atoms with E-state index in [0.29, 0.717) is 23.9 Å². The number of carbonyl (C=O) groups is 2. The number of carbonyl (C=O) groups excluding carboxylic acids is 2. The van der Waals surface area contributed by atoms with Gasteiger partial charge >= 0.3 is 0 Å². The fraction of sp³-hybridized carbons (Fsp3) is 0.240. The molecule has 0 radical (unpaired) electrons. The highest BCUT2D eigenvalue weighted by molar-refractivity contribution is 6.31. The number of fused-ring (bicyclic) bond motifs is 1. The lowest BCUT2D eigenvalue weighted by Gasteiger charge is -2.09. The smallest absolute Gasteiger partial charge is 0.230 e. The van der Waals surface area contributed by atoms with Crippen LogP contribution in [0.1, 0.15) is 17.7 Å². The zero-order chi connectivity index (χ0) is 23.1. The van der Waals surface area contributed by atoms with Gasteiger partial charge in [-0.2, -0.15) is 5.10 Å². The lowest BCUT2D eigenvalue weighted by atomic mass is 10.1. The maximum Gasteiger partial charge on any atom is 0.230 e. The van der Waals surface area contributed by atoms with Crippen LogP contribution in [-0.2, 0) is 16.1 Å². The number of anilines is 1. The molecule has 1 saturated heterocycles. The van der Waals surface area contributed by atoms with Crippen molar-refractivity contribution in [3.63, 3.8) is 0 Å². The monoisotopic (exact) mass is 462 g/mol. The van der Waals surface area contributed by atoms with E-state index < -0.39 is 0 Å². The first-order valence-electron chi connectivity index (χ1n) is 10.7.